The van der Waals surface area contributed by atoms with E-state index < -0.39 is 5.97 Å². The topological polar surface area (TPSA) is 43.6 Å². The third kappa shape index (κ3) is 1.94. The highest BCUT2D eigenvalue weighted by molar-refractivity contribution is 7.71. The number of pyridine rings is 1. The molecule has 0 aliphatic rings. The van der Waals surface area contributed by atoms with Gasteiger partial charge in [-0.15, -0.1) is 0 Å². The van der Waals surface area contributed by atoms with Gasteiger partial charge in [-0.25, -0.2) is 9.78 Å². The first-order valence-corrected chi connectivity index (χ1v) is 5.29. The van der Waals surface area contributed by atoms with Crippen LogP contribution in [0.5, 0.6) is 0 Å². The van der Waals surface area contributed by atoms with E-state index in [4.69, 9.17) is 17.0 Å². The summed E-state index contributed by atoms with van der Waals surface area (Å²) < 4.78 is 6.96. The van der Waals surface area contributed by atoms with Gasteiger partial charge >= 0.3 is 5.97 Å². The minimum absolute atomic E-state index is 0.248. The lowest BCUT2D eigenvalue weighted by molar-refractivity contribution is 0.0519. The number of fused-ring (bicyclic) bond motifs is 1. The normalized spacial score (nSPS) is 10.3. The third-order valence-electron chi connectivity index (χ3n) is 2.08. The summed E-state index contributed by atoms with van der Waals surface area (Å²) in [5.74, 6) is -0.444. The molecule has 0 unspecified atom stereocenters. The van der Waals surface area contributed by atoms with Gasteiger partial charge in [0.1, 0.15) is 0 Å². The second-order valence-electron chi connectivity index (χ2n) is 3.14. The van der Waals surface area contributed by atoms with E-state index in [-0.39, 0.29) is 5.69 Å². The van der Waals surface area contributed by atoms with Crippen LogP contribution in [-0.2, 0) is 4.74 Å². The van der Waals surface area contributed by atoms with Crippen molar-refractivity contribution in [1.29, 1.82) is 0 Å². The van der Waals surface area contributed by atoms with Gasteiger partial charge in [-0.3, -0.25) is 4.40 Å². The highest BCUT2D eigenvalue weighted by Gasteiger charge is 2.09. The van der Waals surface area contributed by atoms with Gasteiger partial charge in [-0.1, -0.05) is 6.07 Å². The van der Waals surface area contributed by atoms with Crippen LogP contribution >= 0.6 is 12.2 Å². The molecule has 82 valence electrons. The molecule has 0 saturated heterocycles. The average Bonchev–Trinajstić information content (AvgIpc) is 2.29. The second kappa shape index (κ2) is 4.40. The summed E-state index contributed by atoms with van der Waals surface area (Å²) in [5.41, 5.74) is 1.07. The van der Waals surface area contributed by atoms with E-state index in [1.54, 1.807) is 23.6 Å². The molecule has 0 aliphatic carbocycles. The summed E-state index contributed by atoms with van der Waals surface area (Å²) in [7, 11) is 0. The first kappa shape index (κ1) is 10.8. The van der Waals surface area contributed by atoms with Crippen LogP contribution in [0.15, 0.2) is 30.5 Å². The van der Waals surface area contributed by atoms with E-state index in [0.29, 0.717) is 11.4 Å². The Morgan fingerprint density at radius 1 is 1.56 bits per heavy atom. The first-order chi connectivity index (χ1) is 7.72. The van der Waals surface area contributed by atoms with E-state index in [1.165, 1.54) is 0 Å². The number of rotatable bonds is 2. The van der Waals surface area contributed by atoms with Gasteiger partial charge in [0.15, 0.2) is 5.69 Å². The lowest BCUT2D eigenvalue weighted by Crippen LogP contribution is -2.08. The lowest BCUT2D eigenvalue weighted by Gasteiger charge is -2.04. The maximum Gasteiger partial charge on any atom is 0.357 e. The highest BCUT2D eigenvalue weighted by Crippen LogP contribution is 2.07. The number of esters is 1. The molecular weight excluding hydrogens is 224 g/mol. The molecule has 16 heavy (non-hydrogen) atoms. The summed E-state index contributed by atoms with van der Waals surface area (Å²) in [5, 5.41) is 0. The Hall–Kier alpha value is -1.75. The number of hydrogen-bond donors (Lipinski definition) is 0. The summed E-state index contributed by atoms with van der Waals surface area (Å²) in [6, 6.07) is 7.25. The van der Waals surface area contributed by atoms with Crippen LogP contribution in [0.4, 0.5) is 0 Å². The Balaban J connectivity index is 2.58. The van der Waals surface area contributed by atoms with Gasteiger partial charge in [-0.2, -0.15) is 0 Å². The van der Waals surface area contributed by atoms with Crippen molar-refractivity contribution in [1.82, 2.24) is 9.38 Å². The number of ether oxygens (including phenoxy) is 1. The van der Waals surface area contributed by atoms with Crippen LogP contribution in [0.25, 0.3) is 5.52 Å². The number of nitrogens with zero attached hydrogens (tertiary/aromatic N) is 2. The molecule has 0 saturated carbocycles. The molecule has 2 heterocycles. The second-order valence-corrected chi connectivity index (χ2v) is 3.51. The molecule has 2 aromatic heterocycles. The summed E-state index contributed by atoms with van der Waals surface area (Å²) in [6.45, 7) is 2.08. The molecule has 0 spiro atoms. The zero-order valence-electron chi connectivity index (χ0n) is 8.71. The Morgan fingerprint density at radius 3 is 3.12 bits per heavy atom. The first-order valence-electron chi connectivity index (χ1n) is 4.88. The van der Waals surface area contributed by atoms with Crippen LogP contribution < -0.4 is 0 Å². The van der Waals surface area contributed by atoms with E-state index in [2.05, 4.69) is 4.98 Å². The van der Waals surface area contributed by atoms with Gasteiger partial charge in [0.25, 0.3) is 0 Å². The monoisotopic (exact) mass is 234 g/mol. The molecule has 2 aromatic rings. The molecule has 0 N–H and O–H groups in total. The van der Waals surface area contributed by atoms with Crippen molar-refractivity contribution >= 4 is 23.7 Å². The average molecular weight is 234 g/mol. The molecule has 0 radical (unpaired) electrons. The van der Waals surface area contributed by atoms with Crippen molar-refractivity contribution in [3.63, 3.8) is 0 Å². The molecule has 0 amide bonds. The quantitative estimate of drug-likeness (QED) is 0.590. The maximum atomic E-state index is 11.5. The fourth-order valence-electron chi connectivity index (χ4n) is 1.39. The number of carbonyl (C=O) groups is 1. The summed E-state index contributed by atoms with van der Waals surface area (Å²) >= 11 is 5.09. The van der Waals surface area contributed by atoms with Crippen LogP contribution in [0.1, 0.15) is 17.4 Å². The molecule has 0 aliphatic heterocycles. The Kier molecular flexibility index (Phi) is 2.96. The highest BCUT2D eigenvalue weighted by atomic mass is 32.1. The predicted octanol–water partition coefficient (Wildman–Crippen LogP) is 2.24. The van der Waals surface area contributed by atoms with Crippen LogP contribution in [-0.4, -0.2) is 22.0 Å². The predicted molar refractivity (Wildman–Crippen MR) is 62.0 cm³/mol. The van der Waals surface area contributed by atoms with Crippen LogP contribution in [0.3, 0.4) is 0 Å². The molecule has 0 aromatic carbocycles. The van der Waals surface area contributed by atoms with Crippen molar-refractivity contribution in [2.45, 2.75) is 6.92 Å². The van der Waals surface area contributed by atoms with Gasteiger partial charge < -0.3 is 4.74 Å². The van der Waals surface area contributed by atoms with Crippen molar-refractivity contribution in [3.05, 3.63) is 40.9 Å². The minimum atomic E-state index is -0.444. The van der Waals surface area contributed by atoms with E-state index in [1.807, 2.05) is 18.2 Å². The standard InChI is InChI=1S/C11H10N2O2S/c1-2-15-10(14)9-7-8-5-3-4-6-13(8)11(16)12-9/h3-7H,2H2,1H3. The van der Waals surface area contributed by atoms with Crippen LogP contribution in [0, 0.1) is 4.77 Å². The van der Waals surface area contributed by atoms with E-state index in [0.717, 1.165) is 5.52 Å². The Morgan fingerprint density at radius 2 is 2.38 bits per heavy atom. The van der Waals surface area contributed by atoms with Crippen molar-refractivity contribution < 1.29 is 9.53 Å². The van der Waals surface area contributed by atoms with Gasteiger partial charge in [0.2, 0.25) is 4.77 Å². The Labute approximate surface area is 97.5 Å². The molecular formula is C11H10N2O2S. The van der Waals surface area contributed by atoms with Crippen molar-refractivity contribution in [2.24, 2.45) is 0 Å². The summed E-state index contributed by atoms with van der Waals surface area (Å²) in [6.07, 6.45) is 1.81. The fraction of sp³-hybridized carbons (Fsp3) is 0.182. The SMILES string of the molecule is CCOC(=O)c1cc2ccccn2c(=S)n1. The number of carbonyl (C=O) groups excluding carboxylic acids is 1. The van der Waals surface area contributed by atoms with Crippen molar-refractivity contribution in [2.75, 3.05) is 6.61 Å². The van der Waals surface area contributed by atoms with Gasteiger partial charge in [0.05, 0.1) is 12.1 Å². The zero-order chi connectivity index (χ0) is 11.5. The molecule has 0 bridgehead atoms. The number of aromatic nitrogens is 2. The minimum Gasteiger partial charge on any atom is -0.461 e. The molecule has 4 nitrogen and oxygen atoms in total. The maximum absolute atomic E-state index is 11.5. The smallest absolute Gasteiger partial charge is 0.357 e. The zero-order valence-corrected chi connectivity index (χ0v) is 9.53. The van der Waals surface area contributed by atoms with Gasteiger partial charge in [-0.05, 0) is 37.3 Å². The molecule has 5 heteroatoms. The fourth-order valence-corrected chi connectivity index (χ4v) is 1.65. The molecule has 2 rings (SSSR count). The van der Waals surface area contributed by atoms with Crippen molar-refractivity contribution in [3.8, 4) is 0 Å². The van der Waals surface area contributed by atoms with E-state index >= 15 is 0 Å². The van der Waals surface area contributed by atoms with E-state index in [9.17, 15) is 4.79 Å². The van der Waals surface area contributed by atoms with Crippen LogP contribution in [0.2, 0.25) is 0 Å². The Bertz CT molecular complexity index is 592. The lowest BCUT2D eigenvalue weighted by atomic mass is 10.3. The largest absolute Gasteiger partial charge is 0.461 e. The molecule has 0 atom stereocenters. The number of hydrogen-bond acceptors (Lipinski definition) is 4. The van der Waals surface area contributed by atoms with Gasteiger partial charge in [0, 0.05) is 6.20 Å². The third-order valence-corrected chi connectivity index (χ3v) is 2.37. The summed E-state index contributed by atoms with van der Waals surface area (Å²) in [4.78, 5) is 15.5. The molecule has 0 fully saturated rings.